The normalized spacial score (nSPS) is 10.9. The summed E-state index contributed by atoms with van der Waals surface area (Å²) in [6.07, 6.45) is 0. The molecule has 0 amide bonds. The number of benzene rings is 3. The maximum absolute atomic E-state index is 12.2. The SMILES string of the molecule is Cc1ccc(OCCOC(=O)CSc2nc3ccccc3n2Cc2ccc(Cl)cc2)cc1. The molecule has 0 atom stereocenters. The average molecular weight is 467 g/mol. The number of nitrogens with zero attached hydrogens (tertiary/aromatic N) is 2. The van der Waals surface area contributed by atoms with Crippen LogP contribution in [-0.4, -0.2) is 34.5 Å². The van der Waals surface area contributed by atoms with Gasteiger partial charge in [-0.2, -0.15) is 0 Å². The zero-order valence-electron chi connectivity index (χ0n) is 17.7. The molecule has 0 aliphatic heterocycles. The molecule has 0 fully saturated rings. The molecular formula is C25H23ClN2O3S. The van der Waals surface area contributed by atoms with Gasteiger partial charge in [0, 0.05) is 5.02 Å². The number of ether oxygens (including phenoxy) is 2. The number of fused-ring (bicyclic) bond motifs is 1. The number of para-hydroxylation sites is 2. The van der Waals surface area contributed by atoms with Crippen molar-refractivity contribution in [2.24, 2.45) is 0 Å². The van der Waals surface area contributed by atoms with Gasteiger partial charge in [0.2, 0.25) is 0 Å². The molecule has 0 bridgehead atoms. The molecule has 7 heteroatoms. The maximum Gasteiger partial charge on any atom is 0.316 e. The molecule has 0 radical (unpaired) electrons. The quantitative estimate of drug-likeness (QED) is 0.178. The predicted octanol–water partition coefficient (Wildman–Crippen LogP) is 5.76. The van der Waals surface area contributed by atoms with Crippen LogP contribution >= 0.6 is 23.4 Å². The van der Waals surface area contributed by atoms with E-state index in [0.717, 1.165) is 27.5 Å². The lowest BCUT2D eigenvalue weighted by atomic mass is 10.2. The lowest BCUT2D eigenvalue weighted by Crippen LogP contribution is -2.14. The lowest BCUT2D eigenvalue weighted by molar-refractivity contribution is -0.141. The largest absolute Gasteiger partial charge is 0.490 e. The molecule has 0 saturated carbocycles. The number of imidazole rings is 1. The Morgan fingerprint density at radius 3 is 2.53 bits per heavy atom. The Kier molecular flexibility index (Phi) is 7.35. The fourth-order valence-corrected chi connectivity index (χ4v) is 4.14. The fourth-order valence-electron chi connectivity index (χ4n) is 3.20. The van der Waals surface area contributed by atoms with E-state index in [2.05, 4.69) is 4.57 Å². The number of carbonyl (C=O) groups is 1. The minimum Gasteiger partial charge on any atom is -0.490 e. The molecule has 32 heavy (non-hydrogen) atoms. The van der Waals surface area contributed by atoms with Gasteiger partial charge in [-0.1, -0.05) is 65.3 Å². The average Bonchev–Trinajstić information content (AvgIpc) is 3.15. The van der Waals surface area contributed by atoms with Crippen LogP contribution < -0.4 is 4.74 Å². The highest BCUT2D eigenvalue weighted by molar-refractivity contribution is 7.99. The number of hydrogen-bond acceptors (Lipinski definition) is 5. The van der Waals surface area contributed by atoms with E-state index < -0.39 is 0 Å². The molecule has 0 saturated heterocycles. The first-order valence-corrected chi connectivity index (χ1v) is 11.6. The molecule has 1 heterocycles. The molecule has 0 aliphatic rings. The summed E-state index contributed by atoms with van der Waals surface area (Å²) in [5.41, 5.74) is 4.19. The molecule has 4 rings (SSSR count). The second-order valence-corrected chi connectivity index (χ2v) is 8.65. The zero-order valence-corrected chi connectivity index (χ0v) is 19.2. The van der Waals surface area contributed by atoms with Crippen molar-refractivity contribution in [3.63, 3.8) is 0 Å². The van der Waals surface area contributed by atoms with Gasteiger partial charge in [0.25, 0.3) is 0 Å². The molecule has 164 valence electrons. The molecular weight excluding hydrogens is 444 g/mol. The number of thioether (sulfide) groups is 1. The van der Waals surface area contributed by atoms with E-state index in [-0.39, 0.29) is 18.3 Å². The van der Waals surface area contributed by atoms with E-state index in [9.17, 15) is 4.79 Å². The van der Waals surface area contributed by atoms with Gasteiger partial charge in [-0.05, 0) is 48.9 Å². The third-order valence-corrected chi connectivity index (χ3v) is 6.03. The van der Waals surface area contributed by atoms with Crippen molar-refractivity contribution in [1.29, 1.82) is 0 Å². The number of aromatic nitrogens is 2. The number of rotatable bonds is 9. The highest BCUT2D eigenvalue weighted by atomic mass is 35.5. The molecule has 0 unspecified atom stereocenters. The van der Waals surface area contributed by atoms with Crippen molar-refractivity contribution in [2.75, 3.05) is 19.0 Å². The number of halogens is 1. The van der Waals surface area contributed by atoms with Gasteiger partial charge in [-0.15, -0.1) is 0 Å². The first-order chi connectivity index (χ1) is 15.6. The minimum atomic E-state index is -0.299. The summed E-state index contributed by atoms with van der Waals surface area (Å²) in [5, 5.41) is 1.47. The summed E-state index contributed by atoms with van der Waals surface area (Å²) in [6.45, 7) is 3.18. The van der Waals surface area contributed by atoms with Crippen LogP contribution in [0.2, 0.25) is 5.02 Å². The van der Waals surface area contributed by atoms with Crippen molar-refractivity contribution >= 4 is 40.4 Å². The zero-order chi connectivity index (χ0) is 22.3. The van der Waals surface area contributed by atoms with E-state index in [1.807, 2.05) is 79.7 Å². The smallest absolute Gasteiger partial charge is 0.316 e. The first-order valence-electron chi connectivity index (χ1n) is 10.3. The summed E-state index contributed by atoms with van der Waals surface area (Å²) in [5.74, 6) is 0.638. The second-order valence-electron chi connectivity index (χ2n) is 7.27. The second kappa shape index (κ2) is 10.6. The van der Waals surface area contributed by atoms with Gasteiger partial charge >= 0.3 is 5.97 Å². The third kappa shape index (κ3) is 5.84. The fraction of sp³-hybridized carbons (Fsp3) is 0.200. The summed E-state index contributed by atoms with van der Waals surface area (Å²) in [7, 11) is 0. The number of hydrogen-bond donors (Lipinski definition) is 0. The Bertz CT molecular complexity index is 1190. The Labute approximate surface area is 196 Å². The molecule has 5 nitrogen and oxygen atoms in total. The van der Waals surface area contributed by atoms with Crippen LogP contribution in [0.4, 0.5) is 0 Å². The highest BCUT2D eigenvalue weighted by Gasteiger charge is 2.14. The van der Waals surface area contributed by atoms with Crippen LogP contribution in [0.1, 0.15) is 11.1 Å². The van der Waals surface area contributed by atoms with E-state index in [4.69, 9.17) is 26.1 Å². The van der Waals surface area contributed by atoms with Crippen LogP contribution in [0.15, 0.2) is 78.0 Å². The van der Waals surface area contributed by atoms with Gasteiger partial charge in [-0.3, -0.25) is 4.79 Å². The van der Waals surface area contributed by atoms with Gasteiger partial charge in [0.1, 0.15) is 19.0 Å². The number of aryl methyl sites for hydroxylation is 1. The number of esters is 1. The molecule has 3 aromatic carbocycles. The van der Waals surface area contributed by atoms with E-state index in [0.29, 0.717) is 18.2 Å². The molecule has 0 N–H and O–H groups in total. The first kappa shape index (κ1) is 22.2. The topological polar surface area (TPSA) is 53.4 Å². The Balaban J connectivity index is 1.34. The van der Waals surface area contributed by atoms with E-state index >= 15 is 0 Å². The summed E-state index contributed by atoms with van der Waals surface area (Å²) < 4.78 is 13.0. The van der Waals surface area contributed by atoms with Crippen LogP contribution in [0.25, 0.3) is 11.0 Å². The van der Waals surface area contributed by atoms with Crippen molar-refractivity contribution < 1.29 is 14.3 Å². The molecule has 0 spiro atoms. The van der Waals surface area contributed by atoms with Crippen molar-refractivity contribution in [1.82, 2.24) is 9.55 Å². The summed E-state index contributed by atoms with van der Waals surface area (Å²) >= 11 is 7.38. The summed E-state index contributed by atoms with van der Waals surface area (Å²) in [6, 6.07) is 23.4. The Hall–Kier alpha value is -2.96. The predicted molar refractivity (Wildman–Crippen MR) is 129 cm³/mol. The number of carbonyl (C=O) groups excluding carboxylic acids is 1. The van der Waals surface area contributed by atoms with Crippen molar-refractivity contribution in [3.8, 4) is 5.75 Å². The van der Waals surface area contributed by atoms with Gasteiger partial charge in [0.15, 0.2) is 5.16 Å². The molecule has 4 aromatic rings. The summed E-state index contributed by atoms with van der Waals surface area (Å²) in [4.78, 5) is 17.0. The van der Waals surface area contributed by atoms with E-state index in [1.54, 1.807) is 0 Å². The standard InChI is InChI=1S/C25H23ClN2O3S/c1-18-6-12-21(13-7-18)30-14-15-31-24(29)17-32-25-27-22-4-2-3-5-23(22)28(25)16-19-8-10-20(26)11-9-19/h2-13H,14-17H2,1H3. The van der Waals surface area contributed by atoms with Gasteiger partial charge in [-0.25, -0.2) is 4.98 Å². The minimum absolute atomic E-state index is 0.175. The highest BCUT2D eigenvalue weighted by Crippen LogP contribution is 2.25. The maximum atomic E-state index is 12.2. The molecule has 1 aromatic heterocycles. The van der Waals surface area contributed by atoms with Gasteiger partial charge < -0.3 is 14.0 Å². The van der Waals surface area contributed by atoms with Crippen LogP contribution in [0.5, 0.6) is 5.75 Å². The molecule has 0 aliphatic carbocycles. The van der Waals surface area contributed by atoms with Crippen LogP contribution in [0, 0.1) is 6.92 Å². The third-order valence-electron chi connectivity index (χ3n) is 4.83. The lowest BCUT2D eigenvalue weighted by Gasteiger charge is -2.10. The van der Waals surface area contributed by atoms with Gasteiger partial charge in [0.05, 0.1) is 23.3 Å². The Morgan fingerprint density at radius 2 is 1.75 bits per heavy atom. The van der Waals surface area contributed by atoms with Crippen LogP contribution in [-0.2, 0) is 16.1 Å². The van der Waals surface area contributed by atoms with Crippen molar-refractivity contribution in [2.45, 2.75) is 18.6 Å². The van der Waals surface area contributed by atoms with Crippen LogP contribution in [0.3, 0.4) is 0 Å². The van der Waals surface area contributed by atoms with Crippen molar-refractivity contribution in [3.05, 3.63) is 88.9 Å². The van der Waals surface area contributed by atoms with E-state index in [1.165, 1.54) is 17.3 Å². The monoisotopic (exact) mass is 466 g/mol. The Morgan fingerprint density at radius 1 is 1.00 bits per heavy atom.